The lowest BCUT2D eigenvalue weighted by atomic mass is 10.2. The Hall–Kier alpha value is -1.06. The van der Waals surface area contributed by atoms with Crippen LogP contribution in [0, 0.1) is 5.92 Å². The second kappa shape index (κ2) is 8.40. The molecule has 1 saturated carbocycles. The van der Waals surface area contributed by atoms with E-state index >= 15 is 0 Å². The van der Waals surface area contributed by atoms with E-state index in [4.69, 9.17) is 4.74 Å². The van der Waals surface area contributed by atoms with Crippen molar-refractivity contribution in [3.05, 3.63) is 29.8 Å². The lowest BCUT2D eigenvalue weighted by molar-refractivity contribution is 0.185. The summed E-state index contributed by atoms with van der Waals surface area (Å²) in [5.41, 5.74) is 1.25. The van der Waals surface area contributed by atoms with E-state index < -0.39 is 0 Å². The molecule has 0 bridgehead atoms. The van der Waals surface area contributed by atoms with E-state index in [-0.39, 0.29) is 0 Å². The fourth-order valence-corrected chi connectivity index (χ4v) is 2.63. The van der Waals surface area contributed by atoms with Gasteiger partial charge in [0, 0.05) is 24.7 Å². The predicted octanol–water partition coefficient (Wildman–Crippen LogP) is 3.30. The summed E-state index contributed by atoms with van der Waals surface area (Å²) in [4.78, 5) is 2.43. The van der Waals surface area contributed by atoms with E-state index in [1.54, 1.807) is 0 Å². The van der Waals surface area contributed by atoms with Gasteiger partial charge in [-0.1, -0.05) is 25.1 Å². The minimum atomic E-state index is 0.690. The molecule has 1 aromatic rings. The van der Waals surface area contributed by atoms with Crippen LogP contribution in [0.1, 0.15) is 38.7 Å². The molecule has 1 unspecified atom stereocenters. The number of para-hydroxylation sites is 1. The van der Waals surface area contributed by atoms with Gasteiger partial charge in [0.15, 0.2) is 0 Å². The number of nitrogens with zero attached hydrogens (tertiary/aromatic N) is 1. The molecule has 1 N–H and O–H groups in total. The molecule has 1 aromatic carbocycles. The van der Waals surface area contributed by atoms with Crippen molar-refractivity contribution in [2.24, 2.45) is 5.92 Å². The highest BCUT2D eigenvalue weighted by Gasteiger charge is 2.30. The van der Waals surface area contributed by atoms with Crippen LogP contribution in [0.15, 0.2) is 24.3 Å². The first-order chi connectivity index (χ1) is 10.2. The number of likely N-dealkylation sites (N-methyl/N-ethyl adjacent to an activating group) is 1. The highest BCUT2D eigenvalue weighted by molar-refractivity contribution is 5.33. The van der Waals surface area contributed by atoms with E-state index in [1.807, 2.05) is 0 Å². The third kappa shape index (κ3) is 5.33. The van der Waals surface area contributed by atoms with Crippen molar-refractivity contribution in [3.63, 3.8) is 0 Å². The van der Waals surface area contributed by atoms with Crippen molar-refractivity contribution in [3.8, 4) is 5.75 Å². The molecule has 0 spiro atoms. The topological polar surface area (TPSA) is 24.5 Å². The van der Waals surface area contributed by atoms with Crippen LogP contribution >= 0.6 is 0 Å². The summed E-state index contributed by atoms with van der Waals surface area (Å²) in [5, 5.41) is 3.44. The van der Waals surface area contributed by atoms with Gasteiger partial charge in [0.25, 0.3) is 0 Å². The smallest absolute Gasteiger partial charge is 0.123 e. The molecular formula is C18H30N2O. The van der Waals surface area contributed by atoms with Crippen LogP contribution in [0.2, 0.25) is 0 Å². The first-order valence-corrected chi connectivity index (χ1v) is 8.34. The monoisotopic (exact) mass is 290 g/mol. The largest absolute Gasteiger partial charge is 0.492 e. The van der Waals surface area contributed by atoms with Gasteiger partial charge in [0.1, 0.15) is 12.4 Å². The highest BCUT2D eigenvalue weighted by Crippen LogP contribution is 2.34. The second-order valence-corrected chi connectivity index (χ2v) is 6.19. The number of nitrogens with one attached hydrogen (secondary N) is 1. The Morgan fingerprint density at radius 2 is 2.10 bits per heavy atom. The quantitative estimate of drug-likeness (QED) is 0.669. The number of ether oxygens (including phenoxy) is 1. The molecule has 1 aliphatic rings. The summed E-state index contributed by atoms with van der Waals surface area (Å²) in [7, 11) is 2.21. The average molecular weight is 290 g/mol. The van der Waals surface area contributed by atoms with Gasteiger partial charge < -0.3 is 15.0 Å². The van der Waals surface area contributed by atoms with Gasteiger partial charge in [0.2, 0.25) is 0 Å². The first-order valence-electron chi connectivity index (χ1n) is 8.34. The van der Waals surface area contributed by atoms with Crippen molar-refractivity contribution in [2.75, 3.05) is 26.7 Å². The number of hydrogen-bond acceptors (Lipinski definition) is 3. The molecule has 0 aromatic heterocycles. The minimum Gasteiger partial charge on any atom is -0.492 e. The van der Waals surface area contributed by atoms with Gasteiger partial charge in [-0.2, -0.15) is 0 Å². The Morgan fingerprint density at radius 3 is 2.81 bits per heavy atom. The van der Waals surface area contributed by atoms with Crippen LogP contribution in [0.25, 0.3) is 0 Å². The van der Waals surface area contributed by atoms with Gasteiger partial charge in [-0.15, -0.1) is 0 Å². The van der Waals surface area contributed by atoms with E-state index in [1.165, 1.54) is 18.4 Å². The molecule has 21 heavy (non-hydrogen) atoms. The van der Waals surface area contributed by atoms with Gasteiger partial charge in [-0.05, 0) is 51.8 Å². The fourth-order valence-electron chi connectivity index (χ4n) is 2.63. The van der Waals surface area contributed by atoms with E-state index in [2.05, 4.69) is 55.4 Å². The lowest BCUT2D eigenvalue weighted by Crippen LogP contribution is -2.34. The summed E-state index contributed by atoms with van der Waals surface area (Å²) < 4.78 is 6.01. The van der Waals surface area contributed by atoms with E-state index in [9.17, 15) is 0 Å². The Bertz CT molecular complexity index is 417. The van der Waals surface area contributed by atoms with Crippen molar-refractivity contribution >= 4 is 0 Å². The standard InChI is InChI=1S/C18H30N2O/c1-4-11-19-14-17-7-5-6-8-18(17)21-13-12-20(3)15(2)16-9-10-16/h5-8,15-16,19H,4,9-14H2,1-3H3. The second-order valence-electron chi connectivity index (χ2n) is 6.19. The Labute approximate surface area is 129 Å². The molecule has 0 heterocycles. The Kier molecular flexibility index (Phi) is 6.52. The predicted molar refractivity (Wildman–Crippen MR) is 88.8 cm³/mol. The molecule has 1 atom stereocenters. The zero-order valence-electron chi connectivity index (χ0n) is 13.8. The number of rotatable bonds is 10. The van der Waals surface area contributed by atoms with Crippen molar-refractivity contribution in [2.45, 2.75) is 45.7 Å². The maximum atomic E-state index is 6.01. The molecule has 3 nitrogen and oxygen atoms in total. The van der Waals surface area contributed by atoms with Crippen LogP contribution in [-0.2, 0) is 6.54 Å². The Morgan fingerprint density at radius 1 is 1.33 bits per heavy atom. The molecule has 118 valence electrons. The number of hydrogen-bond donors (Lipinski definition) is 1. The first kappa shape index (κ1) is 16.3. The average Bonchev–Trinajstić information content (AvgIpc) is 3.33. The zero-order chi connectivity index (χ0) is 15.1. The molecule has 0 aliphatic heterocycles. The number of benzene rings is 1. The maximum absolute atomic E-state index is 6.01. The Balaban J connectivity index is 1.76. The molecule has 1 fully saturated rings. The van der Waals surface area contributed by atoms with Crippen LogP contribution in [0.3, 0.4) is 0 Å². The van der Waals surface area contributed by atoms with Gasteiger partial charge in [0.05, 0.1) is 0 Å². The lowest BCUT2D eigenvalue weighted by Gasteiger charge is -2.24. The molecule has 3 heteroatoms. The van der Waals surface area contributed by atoms with Gasteiger partial charge in [-0.3, -0.25) is 0 Å². The van der Waals surface area contributed by atoms with Crippen molar-refractivity contribution in [1.82, 2.24) is 10.2 Å². The molecule has 1 aliphatic carbocycles. The van der Waals surface area contributed by atoms with Crippen molar-refractivity contribution < 1.29 is 4.74 Å². The van der Waals surface area contributed by atoms with Gasteiger partial charge >= 0.3 is 0 Å². The van der Waals surface area contributed by atoms with E-state index in [0.717, 1.165) is 44.3 Å². The summed E-state index contributed by atoms with van der Waals surface area (Å²) in [6.45, 7) is 8.22. The summed E-state index contributed by atoms with van der Waals surface area (Å²) >= 11 is 0. The maximum Gasteiger partial charge on any atom is 0.123 e. The van der Waals surface area contributed by atoms with Crippen LogP contribution in [0.4, 0.5) is 0 Å². The normalized spacial score (nSPS) is 16.2. The third-order valence-electron chi connectivity index (χ3n) is 4.42. The van der Waals surface area contributed by atoms with Crippen LogP contribution < -0.4 is 10.1 Å². The van der Waals surface area contributed by atoms with Crippen molar-refractivity contribution in [1.29, 1.82) is 0 Å². The molecule has 0 radical (unpaired) electrons. The summed E-state index contributed by atoms with van der Waals surface area (Å²) in [5.74, 6) is 1.94. The molecule has 2 rings (SSSR count). The molecule has 0 amide bonds. The highest BCUT2D eigenvalue weighted by atomic mass is 16.5. The fraction of sp³-hybridized carbons (Fsp3) is 0.667. The third-order valence-corrected chi connectivity index (χ3v) is 4.42. The molecular weight excluding hydrogens is 260 g/mol. The van der Waals surface area contributed by atoms with Gasteiger partial charge in [-0.25, -0.2) is 0 Å². The van der Waals surface area contributed by atoms with E-state index in [0.29, 0.717) is 6.04 Å². The zero-order valence-corrected chi connectivity index (χ0v) is 13.8. The van der Waals surface area contributed by atoms with Crippen LogP contribution in [0.5, 0.6) is 5.75 Å². The molecule has 0 saturated heterocycles. The minimum absolute atomic E-state index is 0.690. The summed E-state index contributed by atoms with van der Waals surface area (Å²) in [6.07, 6.45) is 3.96. The van der Waals surface area contributed by atoms with Crippen LogP contribution in [-0.4, -0.2) is 37.7 Å². The summed E-state index contributed by atoms with van der Waals surface area (Å²) in [6, 6.07) is 9.05. The SMILES string of the molecule is CCCNCc1ccccc1OCCN(C)C(C)C1CC1.